The predicted molar refractivity (Wildman–Crippen MR) is 30.7 cm³/mol. The van der Waals surface area contributed by atoms with E-state index in [1.165, 1.54) is 0 Å². The standard InChI is InChI=1S/C6H10NO/c1-5-6(8)3-2-4-7-5/h5H,2-4H2,1H3. The smallest absolute Gasteiger partial charge is 0.151 e. The van der Waals surface area contributed by atoms with Gasteiger partial charge < -0.3 is 0 Å². The Bertz CT molecular complexity index is 101. The average Bonchev–Trinajstić information content (AvgIpc) is 1.77. The van der Waals surface area contributed by atoms with Crippen LogP contribution < -0.4 is 5.32 Å². The SMILES string of the molecule is CC1[N]CCCC1=O. The molecule has 1 unspecified atom stereocenters. The maximum absolute atomic E-state index is 10.7. The zero-order valence-corrected chi connectivity index (χ0v) is 5.05. The Balaban J connectivity index is 2.39. The van der Waals surface area contributed by atoms with Gasteiger partial charge in [0.15, 0.2) is 5.78 Å². The van der Waals surface area contributed by atoms with Crippen molar-refractivity contribution in [3.8, 4) is 0 Å². The molecule has 1 heterocycles. The van der Waals surface area contributed by atoms with Crippen LogP contribution >= 0.6 is 0 Å². The molecule has 0 N–H and O–H groups in total. The van der Waals surface area contributed by atoms with Gasteiger partial charge in [-0.05, 0) is 13.3 Å². The van der Waals surface area contributed by atoms with Crippen LogP contribution in [0.5, 0.6) is 0 Å². The van der Waals surface area contributed by atoms with Crippen molar-refractivity contribution in [1.82, 2.24) is 5.32 Å². The molecule has 0 amide bonds. The fraction of sp³-hybridized carbons (Fsp3) is 0.833. The first-order chi connectivity index (χ1) is 3.80. The van der Waals surface area contributed by atoms with E-state index in [-0.39, 0.29) is 6.04 Å². The summed E-state index contributed by atoms with van der Waals surface area (Å²) in [7, 11) is 0. The third kappa shape index (κ3) is 1.07. The van der Waals surface area contributed by atoms with Crippen molar-refractivity contribution in [2.75, 3.05) is 6.54 Å². The van der Waals surface area contributed by atoms with E-state index in [2.05, 4.69) is 5.32 Å². The fourth-order valence-electron chi connectivity index (χ4n) is 0.849. The molecule has 0 aromatic carbocycles. The molecule has 1 rings (SSSR count). The molecule has 0 aromatic rings. The molecule has 1 fully saturated rings. The molecule has 45 valence electrons. The number of hydrogen-bond donors (Lipinski definition) is 0. The van der Waals surface area contributed by atoms with Crippen LogP contribution in [-0.2, 0) is 4.79 Å². The summed E-state index contributed by atoms with van der Waals surface area (Å²) in [4.78, 5) is 10.7. The molecule has 1 aliphatic heterocycles. The van der Waals surface area contributed by atoms with E-state index >= 15 is 0 Å². The third-order valence-electron chi connectivity index (χ3n) is 1.45. The van der Waals surface area contributed by atoms with Crippen LogP contribution in [-0.4, -0.2) is 18.4 Å². The highest BCUT2D eigenvalue weighted by atomic mass is 16.1. The molecule has 1 aliphatic rings. The summed E-state index contributed by atoms with van der Waals surface area (Å²) in [6.07, 6.45) is 1.70. The lowest BCUT2D eigenvalue weighted by atomic mass is 10.1. The zero-order valence-electron chi connectivity index (χ0n) is 5.05. The van der Waals surface area contributed by atoms with Crippen LogP contribution in [0.15, 0.2) is 0 Å². The zero-order chi connectivity index (χ0) is 5.98. The van der Waals surface area contributed by atoms with Gasteiger partial charge in [-0.15, -0.1) is 0 Å². The summed E-state index contributed by atoms with van der Waals surface area (Å²) in [6, 6.07) is -0.0104. The lowest BCUT2D eigenvalue weighted by Crippen LogP contribution is -2.33. The van der Waals surface area contributed by atoms with Crippen molar-refractivity contribution in [2.45, 2.75) is 25.8 Å². The van der Waals surface area contributed by atoms with E-state index in [0.717, 1.165) is 19.4 Å². The number of Topliss-reactive ketones (excluding diaryl/α,β-unsaturated/α-hetero) is 1. The van der Waals surface area contributed by atoms with Crippen molar-refractivity contribution in [3.05, 3.63) is 0 Å². The Labute approximate surface area is 49.3 Å². The van der Waals surface area contributed by atoms with E-state index in [0.29, 0.717) is 5.78 Å². The molecule has 2 nitrogen and oxygen atoms in total. The number of rotatable bonds is 0. The van der Waals surface area contributed by atoms with Gasteiger partial charge in [0.25, 0.3) is 0 Å². The molecule has 0 bridgehead atoms. The Morgan fingerprint density at radius 2 is 2.50 bits per heavy atom. The van der Waals surface area contributed by atoms with E-state index in [1.54, 1.807) is 0 Å². The summed E-state index contributed by atoms with van der Waals surface area (Å²) in [5.74, 6) is 0.302. The van der Waals surface area contributed by atoms with Gasteiger partial charge in [-0.1, -0.05) is 0 Å². The third-order valence-corrected chi connectivity index (χ3v) is 1.45. The highest BCUT2D eigenvalue weighted by Crippen LogP contribution is 2.02. The fourth-order valence-corrected chi connectivity index (χ4v) is 0.849. The highest BCUT2D eigenvalue weighted by Gasteiger charge is 2.16. The monoisotopic (exact) mass is 112 g/mol. The number of hydrogen-bond acceptors (Lipinski definition) is 1. The van der Waals surface area contributed by atoms with Crippen molar-refractivity contribution >= 4 is 5.78 Å². The molecular weight excluding hydrogens is 102 g/mol. The van der Waals surface area contributed by atoms with E-state index in [1.807, 2.05) is 6.92 Å². The minimum Gasteiger partial charge on any atom is -0.298 e. The molecule has 1 radical (unpaired) electrons. The average molecular weight is 112 g/mol. The largest absolute Gasteiger partial charge is 0.298 e. The summed E-state index contributed by atoms with van der Waals surface area (Å²) in [5, 5.41) is 4.06. The van der Waals surface area contributed by atoms with Gasteiger partial charge in [-0.3, -0.25) is 4.79 Å². The first kappa shape index (κ1) is 5.76. The molecule has 8 heavy (non-hydrogen) atoms. The number of nitrogens with zero attached hydrogens (tertiary/aromatic N) is 1. The second kappa shape index (κ2) is 2.27. The van der Waals surface area contributed by atoms with Crippen molar-refractivity contribution in [3.63, 3.8) is 0 Å². The van der Waals surface area contributed by atoms with Gasteiger partial charge >= 0.3 is 0 Å². The Kier molecular flexibility index (Phi) is 1.63. The van der Waals surface area contributed by atoms with E-state index in [4.69, 9.17) is 0 Å². The summed E-state index contributed by atoms with van der Waals surface area (Å²) in [5.41, 5.74) is 0. The van der Waals surface area contributed by atoms with Gasteiger partial charge in [0.2, 0.25) is 0 Å². The van der Waals surface area contributed by atoms with Crippen molar-refractivity contribution < 1.29 is 4.79 Å². The van der Waals surface area contributed by atoms with Crippen LogP contribution in [0.3, 0.4) is 0 Å². The van der Waals surface area contributed by atoms with E-state index in [9.17, 15) is 4.79 Å². The summed E-state index contributed by atoms with van der Waals surface area (Å²) >= 11 is 0. The first-order valence-electron chi connectivity index (χ1n) is 3.00. The van der Waals surface area contributed by atoms with Gasteiger partial charge in [-0.2, -0.15) is 0 Å². The number of ketones is 1. The molecule has 0 saturated carbocycles. The van der Waals surface area contributed by atoms with Crippen LogP contribution in [0.4, 0.5) is 0 Å². The van der Waals surface area contributed by atoms with Crippen LogP contribution in [0.25, 0.3) is 0 Å². The number of carbonyl (C=O) groups is 1. The van der Waals surface area contributed by atoms with Gasteiger partial charge in [-0.25, -0.2) is 5.32 Å². The van der Waals surface area contributed by atoms with Crippen LogP contribution in [0.2, 0.25) is 0 Å². The molecule has 2 heteroatoms. The second-order valence-electron chi connectivity index (χ2n) is 2.15. The minimum atomic E-state index is -0.0104. The maximum Gasteiger partial charge on any atom is 0.151 e. The molecule has 0 aliphatic carbocycles. The summed E-state index contributed by atoms with van der Waals surface area (Å²) in [6.45, 7) is 2.74. The van der Waals surface area contributed by atoms with Gasteiger partial charge in [0.1, 0.15) is 0 Å². The summed E-state index contributed by atoms with van der Waals surface area (Å²) < 4.78 is 0. The predicted octanol–water partition coefficient (Wildman–Crippen LogP) is 0.342. The molecule has 1 saturated heterocycles. The van der Waals surface area contributed by atoms with Crippen molar-refractivity contribution in [2.24, 2.45) is 0 Å². The number of piperidine rings is 1. The molecular formula is C6H10NO. The number of carbonyl (C=O) groups excluding carboxylic acids is 1. The van der Waals surface area contributed by atoms with Gasteiger partial charge in [0.05, 0.1) is 6.04 Å². The topological polar surface area (TPSA) is 31.2 Å². The Hall–Kier alpha value is -0.370. The minimum absolute atomic E-state index is 0.0104. The maximum atomic E-state index is 10.7. The van der Waals surface area contributed by atoms with Gasteiger partial charge in [0, 0.05) is 13.0 Å². The lowest BCUT2D eigenvalue weighted by Gasteiger charge is -2.14. The molecule has 1 atom stereocenters. The highest BCUT2D eigenvalue weighted by molar-refractivity contribution is 5.84. The van der Waals surface area contributed by atoms with Crippen LogP contribution in [0, 0.1) is 0 Å². The Morgan fingerprint density at radius 3 is 2.88 bits per heavy atom. The quantitative estimate of drug-likeness (QED) is 0.444. The molecule has 0 spiro atoms. The van der Waals surface area contributed by atoms with Crippen molar-refractivity contribution in [1.29, 1.82) is 0 Å². The van der Waals surface area contributed by atoms with E-state index < -0.39 is 0 Å². The Morgan fingerprint density at radius 1 is 1.75 bits per heavy atom. The normalized spacial score (nSPS) is 30.6. The second-order valence-corrected chi connectivity index (χ2v) is 2.15. The first-order valence-corrected chi connectivity index (χ1v) is 3.00. The molecule has 0 aromatic heterocycles. The van der Waals surface area contributed by atoms with Crippen LogP contribution in [0.1, 0.15) is 19.8 Å². The lowest BCUT2D eigenvalue weighted by molar-refractivity contribution is -0.121.